The molecule has 0 unspecified atom stereocenters. The van der Waals surface area contributed by atoms with Crippen molar-refractivity contribution >= 4 is 45.0 Å². The molecule has 8 heteroatoms. The summed E-state index contributed by atoms with van der Waals surface area (Å²) in [6, 6.07) is 7.84. The molecule has 0 aliphatic carbocycles. The number of nitrogens with zero attached hydrogens (tertiary/aromatic N) is 2. The lowest BCUT2D eigenvalue weighted by atomic mass is 10.0. The first-order valence-electron chi connectivity index (χ1n) is 11.4. The Morgan fingerprint density at radius 1 is 1.18 bits per heavy atom. The minimum Gasteiger partial charge on any atom is -0.488 e. The van der Waals surface area contributed by atoms with Gasteiger partial charge in [-0.2, -0.15) is 0 Å². The summed E-state index contributed by atoms with van der Waals surface area (Å²) in [6.45, 7) is 4.17. The SMILES string of the molecule is Cc1cc(Cl)cc(-c2ccnc3cc(CN4C(=O)CCC4=O)sc23)c1O[C@H]1CCCCNC1. The van der Waals surface area contributed by atoms with Gasteiger partial charge < -0.3 is 10.1 Å². The second-order valence-electron chi connectivity index (χ2n) is 8.70. The van der Waals surface area contributed by atoms with Crippen LogP contribution in [-0.4, -0.2) is 40.9 Å². The van der Waals surface area contributed by atoms with Crippen LogP contribution in [0.1, 0.15) is 42.5 Å². The van der Waals surface area contributed by atoms with E-state index < -0.39 is 0 Å². The number of benzene rings is 1. The molecule has 1 N–H and O–H groups in total. The molecule has 2 aromatic heterocycles. The Bertz CT molecular complexity index is 1200. The van der Waals surface area contributed by atoms with Crippen molar-refractivity contribution in [2.75, 3.05) is 13.1 Å². The van der Waals surface area contributed by atoms with Crippen molar-refractivity contribution in [2.45, 2.75) is 51.7 Å². The number of carbonyl (C=O) groups is 2. The van der Waals surface area contributed by atoms with E-state index in [1.54, 1.807) is 17.5 Å². The second kappa shape index (κ2) is 9.41. The van der Waals surface area contributed by atoms with Gasteiger partial charge in [0.15, 0.2) is 0 Å². The van der Waals surface area contributed by atoms with Crippen LogP contribution in [0.2, 0.25) is 5.02 Å². The van der Waals surface area contributed by atoms with Crippen molar-refractivity contribution in [3.05, 3.63) is 45.9 Å². The second-order valence-corrected chi connectivity index (χ2v) is 10.3. The number of hydrogen-bond acceptors (Lipinski definition) is 6. The summed E-state index contributed by atoms with van der Waals surface area (Å²) in [5.74, 6) is 0.632. The summed E-state index contributed by atoms with van der Waals surface area (Å²) in [5.41, 5.74) is 3.78. The summed E-state index contributed by atoms with van der Waals surface area (Å²) in [6.07, 6.45) is 5.81. The van der Waals surface area contributed by atoms with E-state index in [9.17, 15) is 9.59 Å². The maximum atomic E-state index is 12.1. The molecule has 5 rings (SSSR count). The van der Waals surface area contributed by atoms with Crippen molar-refractivity contribution in [1.82, 2.24) is 15.2 Å². The van der Waals surface area contributed by atoms with Gasteiger partial charge in [-0.15, -0.1) is 11.3 Å². The van der Waals surface area contributed by atoms with Crippen molar-refractivity contribution in [2.24, 2.45) is 0 Å². The topological polar surface area (TPSA) is 71.5 Å². The third-order valence-corrected chi connectivity index (χ3v) is 7.61. The van der Waals surface area contributed by atoms with Gasteiger partial charge in [0.05, 0.1) is 16.8 Å². The van der Waals surface area contributed by atoms with Gasteiger partial charge in [-0.25, -0.2) is 0 Å². The summed E-state index contributed by atoms with van der Waals surface area (Å²) < 4.78 is 7.56. The van der Waals surface area contributed by atoms with E-state index >= 15 is 0 Å². The molecule has 2 saturated heterocycles. The number of carbonyl (C=O) groups excluding carboxylic acids is 2. The average Bonchev–Trinajstić information content (AvgIpc) is 3.22. The summed E-state index contributed by atoms with van der Waals surface area (Å²) in [4.78, 5) is 31.0. The number of aryl methyl sites for hydroxylation is 1. The fourth-order valence-corrected chi connectivity index (χ4v) is 5.98. The number of amides is 2. The Morgan fingerprint density at radius 3 is 2.82 bits per heavy atom. The third-order valence-electron chi connectivity index (χ3n) is 6.25. The molecular weight excluding hydrogens is 458 g/mol. The molecule has 2 aliphatic rings. The summed E-state index contributed by atoms with van der Waals surface area (Å²) in [7, 11) is 0. The minimum absolute atomic E-state index is 0.106. The van der Waals surface area contributed by atoms with E-state index in [2.05, 4.69) is 10.3 Å². The number of likely N-dealkylation sites (tertiary alicyclic amines) is 1. The molecule has 4 heterocycles. The van der Waals surface area contributed by atoms with Gasteiger partial charge in [0.1, 0.15) is 11.9 Å². The highest BCUT2D eigenvalue weighted by Gasteiger charge is 2.29. The lowest BCUT2D eigenvalue weighted by Crippen LogP contribution is -2.29. The normalized spacial score (nSPS) is 19.3. The molecule has 33 heavy (non-hydrogen) atoms. The zero-order valence-electron chi connectivity index (χ0n) is 18.5. The van der Waals surface area contributed by atoms with Crippen LogP contribution in [-0.2, 0) is 16.1 Å². The zero-order valence-corrected chi connectivity index (χ0v) is 20.1. The van der Waals surface area contributed by atoms with Crippen LogP contribution in [0.15, 0.2) is 30.5 Å². The number of fused-ring (bicyclic) bond motifs is 1. The van der Waals surface area contributed by atoms with Crippen LogP contribution < -0.4 is 10.1 Å². The molecule has 1 atom stereocenters. The molecular formula is C25H26ClN3O3S. The highest BCUT2D eigenvalue weighted by Crippen LogP contribution is 2.42. The maximum absolute atomic E-state index is 12.1. The predicted molar refractivity (Wildman–Crippen MR) is 131 cm³/mol. The van der Waals surface area contributed by atoms with Gasteiger partial charge in [-0.1, -0.05) is 11.6 Å². The molecule has 0 bridgehead atoms. The van der Waals surface area contributed by atoms with Gasteiger partial charge >= 0.3 is 0 Å². The molecule has 2 aliphatic heterocycles. The van der Waals surface area contributed by atoms with Crippen molar-refractivity contribution < 1.29 is 14.3 Å². The van der Waals surface area contributed by atoms with E-state index in [1.165, 1.54) is 4.90 Å². The Kier molecular flexibility index (Phi) is 6.36. The number of imide groups is 1. The van der Waals surface area contributed by atoms with Crippen LogP contribution in [0, 0.1) is 6.92 Å². The number of hydrogen-bond donors (Lipinski definition) is 1. The highest BCUT2D eigenvalue weighted by molar-refractivity contribution is 7.19. The van der Waals surface area contributed by atoms with Gasteiger partial charge in [0.25, 0.3) is 0 Å². The predicted octanol–water partition coefficient (Wildman–Crippen LogP) is 5.10. The number of thiophene rings is 1. The maximum Gasteiger partial charge on any atom is 0.230 e. The smallest absolute Gasteiger partial charge is 0.230 e. The van der Waals surface area contributed by atoms with Crippen molar-refractivity contribution in [1.29, 1.82) is 0 Å². The number of rotatable bonds is 5. The fraction of sp³-hybridized carbons (Fsp3) is 0.400. The molecule has 1 aromatic carbocycles. The molecule has 6 nitrogen and oxygen atoms in total. The van der Waals surface area contributed by atoms with Crippen LogP contribution >= 0.6 is 22.9 Å². The van der Waals surface area contributed by atoms with E-state index in [-0.39, 0.29) is 17.9 Å². The molecule has 0 spiro atoms. The van der Waals surface area contributed by atoms with Crippen LogP contribution in [0.3, 0.4) is 0 Å². The van der Waals surface area contributed by atoms with Gasteiger partial charge in [-0.05, 0) is 62.6 Å². The molecule has 0 saturated carbocycles. The van der Waals surface area contributed by atoms with E-state index in [0.717, 1.165) is 69.9 Å². The molecule has 2 amide bonds. The van der Waals surface area contributed by atoms with Crippen LogP contribution in [0.5, 0.6) is 5.75 Å². The number of pyridine rings is 1. The number of nitrogens with one attached hydrogen (secondary N) is 1. The Morgan fingerprint density at radius 2 is 2.00 bits per heavy atom. The number of ether oxygens (including phenoxy) is 1. The monoisotopic (exact) mass is 483 g/mol. The van der Waals surface area contributed by atoms with Crippen molar-refractivity contribution in [3.8, 4) is 16.9 Å². The Labute approximate surface area is 201 Å². The van der Waals surface area contributed by atoms with E-state index in [4.69, 9.17) is 16.3 Å². The Hall–Kier alpha value is -2.48. The minimum atomic E-state index is -0.108. The van der Waals surface area contributed by atoms with E-state index in [1.807, 2.05) is 31.2 Å². The highest BCUT2D eigenvalue weighted by atomic mass is 35.5. The zero-order chi connectivity index (χ0) is 22.9. The lowest BCUT2D eigenvalue weighted by molar-refractivity contribution is -0.138. The molecule has 3 aromatic rings. The average molecular weight is 484 g/mol. The molecule has 2 fully saturated rings. The lowest BCUT2D eigenvalue weighted by Gasteiger charge is -2.22. The van der Waals surface area contributed by atoms with Gasteiger partial charge in [-0.3, -0.25) is 19.5 Å². The quantitative estimate of drug-likeness (QED) is 0.511. The third kappa shape index (κ3) is 4.63. The van der Waals surface area contributed by atoms with E-state index in [0.29, 0.717) is 24.4 Å². The molecule has 172 valence electrons. The standard InChI is InChI=1S/C25H26ClN3O3S/c1-15-10-16(26)11-20(24(15)32-17-4-2-3-8-27-13-17)19-7-9-28-21-12-18(33-25(19)21)14-29-22(30)5-6-23(29)31/h7,9-12,17,27H,2-6,8,13-14H2,1H3/t17-/m0/s1. The first kappa shape index (κ1) is 22.3. The van der Waals surface area contributed by atoms with Gasteiger partial charge in [0.2, 0.25) is 11.8 Å². The fourth-order valence-electron chi connectivity index (χ4n) is 4.57. The van der Waals surface area contributed by atoms with Crippen LogP contribution in [0.4, 0.5) is 0 Å². The van der Waals surface area contributed by atoms with Crippen molar-refractivity contribution in [3.63, 3.8) is 0 Å². The first-order chi connectivity index (χ1) is 16.0. The largest absolute Gasteiger partial charge is 0.488 e. The Balaban J connectivity index is 1.54. The van der Waals surface area contributed by atoms with Crippen LogP contribution in [0.25, 0.3) is 21.3 Å². The summed E-state index contributed by atoms with van der Waals surface area (Å²) in [5, 5.41) is 4.12. The molecule has 0 radical (unpaired) electrons. The first-order valence-corrected chi connectivity index (χ1v) is 12.6. The summed E-state index contributed by atoms with van der Waals surface area (Å²) >= 11 is 8.04. The number of halogens is 1. The van der Waals surface area contributed by atoms with Gasteiger partial charge in [0, 0.05) is 46.6 Å². The number of aromatic nitrogens is 1.